The van der Waals surface area contributed by atoms with Gasteiger partial charge in [0, 0.05) is 0 Å². The fourth-order valence-corrected chi connectivity index (χ4v) is 4.85. The van der Waals surface area contributed by atoms with Crippen LogP contribution in [0.1, 0.15) is 44.9 Å². The molecule has 0 atom stereocenters. The highest BCUT2D eigenvalue weighted by Gasteiger charge is 2.58. The van der Waals surface area contributed by atoms with Crippen LogP contribution >= 0.6 is 0 Å². The van der Waals surface area contributed by atoms with Gasteiger partial charge in [-0.2, -0.15) is 17.6 Å². The summed E-state index contributed by atoms with van der Waals surface area (Å²) in [5.74, 6) is -12.9. The molecule has 4 aliphatic carbocycles. The van der Waals surface area contributed by atoms with Crippen LogP contribution in [0.5, 0.6) is 0 Å². The SMILES string of the molecule is O=C(O)C(F)(F)CC(F)(F)C(=O)OC12CC3CC(CC(C3)C1)C2. The minimum absolute atomic E-state index is 0.336. The quantitative estimate of drug-likeness (QED) is 0.617. The molecule has 4 saturated carbocycles. The van der Waals surface area contributed by atoms with E-state index in [0.29, 0.717) is 37.0 Å². The molecule has 0 unspecified atom stereocenters. The number of esters is 1. The maximum atomic E-state index is 13.7. The largest absolute Gasteiger partial charge is 0.477 e. The topological polar surface area (TPSA) is 63.6 Å². The molecule has 0 aliphatic heterocycles. The fraction of sp³-hybridized carbons (Fsp3) is 0.867. The summed E-state index contributed by atoms with van der Waals surface area (Å²) in [4.78, 5) is 22.0. The highest BCUT2D eigenvalue weighted by Crippen LogP contribution is 2.57. The summed E-state index contributed by atoms with van der Waals surface area (Å²) >= 11 is 0. The molecule has 4 aliphatic rings. The second-order valence-corrected chi connectivity index (χ2v) is 7.38. The number of alkyl halides is 4. The number of carboxylic acid groups (broad SMARTS) is 1. The number of rotatable bonds is 5. The first-order valence-electron chi connectivity index (χ1n) is 7.74. The van der Waals surface area contributed by atoms with Crippen LogP contribution in [-0.2, 0) is 14.3 Å². The van der Waals surface area contributed by atoms with Crippen LogP contribution in [0.25, 0.3) is 0 Å². The number of carbonyl (C=O) groups excluding carboxylic acids is 1. The lowest BCUT2D eigenvalue weighted by Crippen LogP contribution is -2.54. The van der Waals surface area contributed by atoms with Gasteiger partial charge in [0.1, 0.15) is 5.60 Å². The Morgan fingerprint density at radius 3 is 1.78 bits per heavy atom. The second-order valence-electron chi connectivity index (χ2n) is 7.38. The van der Waals surface area contributed by atoms with E-state index in [2.05, 4.69) is 0 Å². The first kappa shape index (κ1) is 16.5. The summed E-state index contributed by atoms with van der Waals surface area (Å²) in [7, 11) is 0. The van der Waals surface area contributed by atoms with Crippen molar-refractivity contribution in [3.8, 4) is 0 Å². The summed E-state index contributed by atoms with van der Waals surface area (Å²) in [5.41, 5.74) is -0.978. The second kappa shape index (κ2) is 5.08. The maximum Gasteiger partial charge on any atom is 0.377 e. The third-order valence-electron chi connectivity index (χ3n) is 5.35. The molecule has 0 radical (unpaired) electrons. The third-order valence-corrected chi connectivity index (χ3v) is 5.35. The van der Waals surface area contributed by atoms with E-state index in [4.69, 9.17) is 9.84 Å². The van der Waals surface area contributed by atoms with Gasteiger partial charge in [0.25, 0.3) is 0 Å². The van der Waals surface area contributed by atoms with Crippen molar-refractivity contribution in [3.63, 3.8) is 0 Å². The molecule has 4 rings (SSSR count). The van der Waals surface area contributed by atoms with Crippen molar-refractivity contribution in [1.82, 2.24) is 0 Å². The normalized spacial score (nSPS) is 36.1. The van der Waals surface area contributed by atoms with E-state index in [9.17, 15) is 27.2 Å². The average molecular weight is 338 g/mol. The van der Waals surface area contributed by atoms with E-state index < -0.39 is 35.8 Å². The number of hydrogen-bond donors (Lipinski definition) is 1. The average Bonchev–Trinajstić information content (AvgIpc) is 2.34. The number of hydrogen-bond acceptors (Lipinski definition) is 3. The molecule has 0 amide bonds. The van der Waals surface area contributed by atoms with E-state index in [1.54, 1.807) is 0 Å². The smallest absolute Gasteiger partial charge is 0.377 e. The van der Waals surface area contributed by atoms with E-state index in [1.165, 1.54) is 0 Å². The molecule has 0 spiro atoms. The first-order valence-corrected chi connectivity index (χ1v) is 7.74. The Balaban J connectivity index is 1.70. The molecule has 23 heavy (non-hydrogen) atoms. The lowest BCUT2D eigenvalue weighted by atomic mass is 9.54. The molecule has 0 aromatic heterocycles. The predicted molar refractivity (Wildman–Crippen MR) is 69.1 cm³/mol. The molecule has 4 nitrogen and oxygen atoms in total. The number of aliphatic carboxylic acids is 1. The Morgan fingerprint density at radius 1 is 0.957 bits per heavy atom. The van der Waals surface area contributed by atoms with Gasteiger partial charge < -0.3 is 9.84 Å². The summed E-state index contributed by atoms with van der Waals surface area (Å²) in [6.45, 7) is 0. The van der Waals surface area contributed by atoms with Crippen LogP contribution in [0, 0.1) is 17.8 Å². The molecule has 0 saturated heterocycles. The van der Waals surface area contributed by atoms with E-state index in [0.717, 1.165) is 19.3 Å². The summed E-state index contributed by atoms with van der Waals surface area (Å²) in [6, 6.07) is 0. The highest BCUT2D eigenvalue weighted by atomic mass is 19.3. The van der Waals surface area contributed by atoms with Crippen molar-refractivity contribution in [2.75, 3.05) is 0 Å². The number of carbonyl (C=O) groups is 2. The molecule has 4 bridgehead atoms. The molecule has 0 heterocycles. The first-order chi connectivity index (χ1) is 10.5. The molecular formula is C15H18F4O4. The monoisotopic (exact) mass is 338 g/mol. The number of carboxylic acids is 1. The third kappa shape index (κ3) is 3.04. The Hall–Kier alpha value is -1.34. The standard InChI is InChI=1S/C15H18F4O4/c16-14(17,11(20)21)7-15(18,19)12(22)23-13-4-8-1-9(5-13)3-10(2-8)6-13/h8-10H,1-7H2,(H,20,21). The molecule has 8 heteroatoms. The molecule has 130 valence electrons. The highest BCUT2D eigenvalue weighted by molar-refractivity contribution is 5.81. The van der Waals surface area contributed by atoms with Crippen LogP contribution < -0.4 is 0 Å². The predicted octanol–water partition coefficient (Wildman–Crippen LogP) is 3.24. The van der Waals surface area contributed by atoms with Crippen molar-refractivity contribution in [3.05, 3.63) is 0 Å². The van der Waals surface area contributed by atoms with E-state index >= 15 is 0 Å². The molecule has 1 N–H and O–H groups in total. The van der Waals surface area contributed by atoms with Gasteiger partial charge in [-0.05, 0) is 56.3 Å². The van der Waals surface area contributed by atoms with Gasteiger partial charge in [0.2, 0.25) is 0 Å². The van der Waals surface area contributed by atoms with Crippen molar-refractivity contribution < 1.29 is 37.0 Å². The Bertz CT molecular complexity index is 496. The van der Waals surface area contributed by atoms with Crippen molar-refractivity contribution in [2.24, 2.45) is 17.8 Å². The van der Waals surface area contributed by atoms with Gasteiger partial charge in [-0.3, -0.25) is 0 Å². The number of ether oxygens (including phenoxy) is 1. The van der Waals surface area contributed by atoms with Gasteiger partial charge in [-0.15, -0.1) is 0 Å². The van der Waals surface area contributed by atoms with Gasteiger partial charge >= 0.3 is 23.8 Å². The summed E-state index contributed by atoms with van der Waals surface area (Å²) in [5, 5.41) is 8.25. The lowest BCUT2D eigenvalue weighted by molar-refractivity contribution is -0.219. The van der Waals surface area contributed by atoms with Gasteiger partial charge in [-0.25, -0.2) is 9.59 Å². The van der Waals surface area contributed by atoms with Gasteiger partial charge in [0.15, 0.2) is 0 Å². The molecule has 0 aromatic carbocycles. The lowest BCUT2D eigenvalue weighted by Gasteiger charge is -2.55. The Kier molecular flexibility index (Phi) is 3.65. The maximum absolute atomic E-state index is 13.7. The Labute approximate surface area is 130 Å². The zero-order chi connectivity index (χ0) is 17.0. The fourth-order valence-electron chi connectivity index (χ4n) is 4.85. The van der Waals surface area contributed by atoms with Crippen molar-refractivity contribution >= 4 is 11.9 Å². The molecule has 4 fully saturated rings. The van der Waals surface area contributed by atoms with Crippen molar-refractivity contribution in [1.29, 1.82) is 0 Å². The van der Waals surface area contributed by atoms with E-state index in [-0.39, 0.29) is 0 Å². The van der Waals surface area contributed by atoms with Gasteiger partial charge in [-0.1, -0.05) is 0 Å². The van der Waals surface area contributed by atoms with Crippen LogP contribution in [-0.4, -0.2) is 34.5 Å². The zero-order valence-corrected chi connectivity index (χ0v) is 12.4. The van der Waals surface area contributed by atoms with E-state index in [1.807, 2.05) is 0 Å². The Morgan fingerprint density at radius 2 is 1.39 bits per heavy atom. The van der Waals surface area contributed by atoms with Crippen LogP contribution in [0.15, 0.2) is 0 Å². The summed E-state index contributed by atoms with van der Waals surface area (Å²) in [6.07, 6.45) is 2.13. The van der Waals surface area contributed by atoms with Crippen LogP contribution in [0.2, 0.25) is 0 Å². The van der Waals surface area contributed by atoms with Crippen LogP contribution in [0.3, 0.4) is 0 Å². The summed E-state index contributed by atoms with van der Waals surface area (Å²) < 4.78 is 58.5. The minimum Gasteiger partial charge on any atom is -0.477 e. The van der Waals surface area contributed by atoms with Crippen molar-refractivity contribution in [2.45, 2.75) is 62.4 Å². The minimum atomic E-state index is -4.68. The van der Waals surface area contributed by atoms with Crippen LogP contribution in [0.4, 0.5) is 17.6 Å². The molecular weight excluding hydrogens is 320 g/mol. The van der Waals surface area contributed by atoms with Gasteiger partial charge in [0.05, 0.1) is 6.42 Å². The zero-order valence-electron chi connectivity index (χ0n) is 12.4. The number of halogens is 4. The molecule has 0 aromatic rings.